The summed E-state index contributed by atoms with van der Waals surface area (Å²) in [4.78, 5) is 24.1. The van der Waals surface area contributed by atoms with Crippen LogP contribution in [0.25, 0.3) is 0 Å². The number of nitrogens with one attached hydrogen (secondary N) is 1. The van der Waals surface area contributed by atoms with Crippen LogP contribution in [0.1, 0.15) is 39.9 Å². The molecule has 0 radical (unpaired) electrons. The van der Waals surface area contributed by atoms with Crippen molar-refractivity contribution in [2.75, 3.05) is 5.32 Å². The Balaban J connectivity index is 2.00. The van der Waals surface area contributed by atoms with E-state index in [1.807, 2.05) is 19.9 Å². The van der Waals surface area contributed by atoms with Gasteiger partial charge in [0.05, 0.1) is 16.3 Å². The Morgan fingerprint density at radius 2 is 1.69 bits per heavy atom. The molecule has 2 rings (SSSR count). The topological polar surface area (TPSA) is 46.2 Å². The zero-order valence-corrected chi connectivity index (χ0v) is 15.0. The zero-order valence-electron chi connectivity index (χ0n) is 14.2. The van der Waals surface area contributed by atoms with E-state index in [-0.39, 0.29) is 29.3 Å². The zero-order chi connectivity index (χ0) is 19.5. The van der Waals surface area contributed by atoms with Crippen LogP contribution in [0.5, 0.6) is 0 Å². The van der Waals surface area contributed by atoms with E-state index in [9.17, 15) is 22.8 Å². The minimum absolute atomic E-state index is 0.00756. The van der Waals surface area contributed by atoms with E-state index in [1.165, 1.54) is 0 Å². The summed E-state index contributed by atoms with van der Waals surface area (Å²) in [6.45, 7) is 3.81. The molecule has 0 aliphatic carbocycles. The number of hydrogen-bond donors (Lipinski definition) is 1. The second kappa shape index (κ2) is 7.91. The lowest BCUT2D eigenvalue weighted by Crippen LogP contribution is -2.15. The van der Waals surface area contributed by atoms with Gasteiger partial charge in [-0.2, -0.15) is 13.2 Å². The Bertz CT molecular complexity index is 847. The van der Waals surface area contributed by atoms with Crippen molar-refractivity contribution in [2.45, 2.75) is 32.9 Å². The van der Waals surface area contributed by atoms with E-state index in [4.69, 9.17) is 11.6 Å². The lowest BCUT2D eigenvalue weighted by atomic mass is 10.0. The Hall–Kier alpha value is -2.34. The van der Waals surface area contributed by atoms with Crippen molar-refractivity contribution in [3.8, 4) is 0 Å². The van der Waals surface area contributed by atoms with Gasteiger partial charge in [0.1, 0.15) is 0 Å². The number of rotatable bonds is 5. The SMILES string of the molecule is Cc1ccc(C(=O)CCC(=O)Nc2cc(C(F)(F)F)ccc2Cl)cc1C. The van der Waals surface area contributed by atoms with Crippen LogP contribution >= 0.6 is 11.6 Å². The number of alkyl halides is 3. The van der Waals surface area contributed by atoms with Crippen LogP contribution < -0.4 is 5.32 Å². The first kappa shape index (κ1) is 20.0. The highest BCUT2D eigenvalue weighted by molar-refractivity contribution is 6.33. The maximum Gasteiger partial charge on any atom is 0.416 e. The van der Waals surface area contributed by atoms with Gasteiger partial charge < -0.3 is 5.32 Å². The van der Waals surface area contributed by atoms with Crippen molar-refractivity contribution in [3.63, 3.8) is 0 Å². The van der Waals surface area contributed by atoms with Gasteiger partial charge in [0.2, 0.25) is 5.91 Å². The first-order valence-electron chi connectivity index (χ1n) is 7.85. The maximum absolute atomic E-state index is 12.7. The maximum atomic E-state index is 12.7. The van der Waals surface area contributed by atoms with Crippen LogP contribution in [0.15, 0.2) is 36.4 Å². The summed E-state index contributed by atoms with van der Waals surface area (Å²) in [5.41, 5.74) is 1.47. The largest absolute Gasteiger partial charge is 0.416 e. The lowest BCUT2D eigenvalue weighted by Gasteiger charge is -2.11. The molecule has 0 bridgehead atoms. The fourth-order valence-corrected chi connectivity index (χ4v) is 2.46. The minimum atomic E-state index is -4.54. The molecule has 0 aromatic heterocycles. The average molecular weight is 384 g/mol. The van der Waals surface area contributed by atoms with Crippen LogP contribution in [-0.4, -0.2) is 11.7 Å². The van der Waals surface area contributed by atoms with Crippen molar-refractivity contribution < 1.29 is 22.8 Å². The molecule has 0 aliphatic rings. The van der Waals surface area contributed by atoms with Gasteiger partial charge in [0, 0.05) is 18.4 Å². The van der Waals surface area contributed by atoms with Crippen molar-refractivity contribution in [1.29, 1.82) is 0 Å². The molecule has 2 aromatic carbocycles. The normalized spacial score (nSPS) is 11.3. The summed E-state index contributed by atoms with van der Waals surface area (Å²) in [5, 5.41) is 2.32. The van der Waals surface area contributed by atoms with Crippen LogP contribution in [0.3, 0.4) is 0 Å². The van der Waals surface area contributed by atoms with E-state index in [0.717, 1.165) is 29.3 Å². The Morgan fingerprint density at radius 1 is 1.00 bits per heavy atom. The van der Waals surface area contributed by atoms with E-state index in [1.54, 1.807) is 12.1 Å². The summed E-state index contributed by atoms with van der Waals surface area (Å²) in [7, 11) is 0. The summed E-state index contributed by atoms with van der Waals surface area (Å²) in [6, 6.07) is 7.93. The summed E-state index contributed by atoms with van der Waals surface area (Å²) in [5.74, 6) is -0.790. The molecular weight excluding hydrogens is 367 g/mol. The van der Waals surface area contributed by atoms with Crippen LogP contribution in [0, 0.1) is 13.8 Å². The second-order valence-electron chi connectivity index (χ2n) is 5.96. The molecule has 2 aromatic rings. The van der Waals surface area contributed by atoms with Gasteiger partial charge in [0.15, 0.2) is 5.78 Å². The first-order valence-corrected chi connectivity index (χ1v) is 8.23. The fourth-order valence-electron chi connectivity index (χ4n) is 2.30. The Kier molecular flexibility index (Phi) is 6.08. The molecule has 0 fully saturated rings. The summed E-state index contributed by atoms with van der Waals surface area (Å²) in [6.07, 6.45) is -4.74. The number of carbonyl (C=O) groups excluding carboxylic acids is 2. The fraction of sp³-hybridized carbons (Fsp3) is 0.263. The number of Topliss-reactive ketones (excluding diaryl/α,β-unsaturated/α-hetero) is 1. The van der Waals surface area contributed by atoms with Gasteiger partial charge in [-0.25, -0.2) is 0 Å². The molecule has 0 saturated heterocycles. The highest BCUT2D eigenvalue weighted by atomic mass is 35.5. The Labute approximate surface area is 154 Å². The lowest BCUT2D eigenvalue weighted by molar-refractivity contribution is -0.137. The molecule has 1 amide bonds. The molecule has 0 saturated carbocycles. The second-order valence-corrected chi connectivity index (χ2v) is 6.37. The minimum Gasteiger partial charge on any atom is -0.325 e. The third-order valence-electron chi connectivity index (χ3n) is 3.98. The predicted molar refractivity (Wildman–Crippen MR) is 94.6 cm³/mol. The van der Waals surface area contributed by atoms with E-state index >= 15 is 0 Å². The molecule has 3 nitrogen and oxygen atoms in total. The molecule has 0 atom stereocenters. The van der Waals surface area contributed by atoms with Crippen molar-refractivity contribution in [3.05, 3.63) is 63.7 Å². The van der Waals surface area contributed by atoms with Gasteiger partial charge in [-0.15, -0.1) is 0 Å². The molecule has 0 spiro atoms. The number of carbonyl (C=O) groups is 2. The van der Waals surface area contributed by atoms with Crippen LogP contribution in [-0.2, 0) is 11.0 Å². The van der Waals surface area contributed by atoms with Crippen LogP contribution in [0.4, 0.5) is 18.9 Å². The van der Waals surface area contributed by atoms with Crippen molar-refractivity contribution in [2.24, 2.45) is 0 Å². The van der Waals surface area contributed by atoms with Crippen molar-refractivity contribution in [1.82, 2.24) is 0 Å². The van der Waals surface area contributed by atoms with Gasteiger partial charge in [0.25, 0.3) is 0 Å². The quantitative estimate of drug-likeness (QED) is 0.685. The average Bonchev–Trinajstić information content (AvgIpc) is 2.56. The predicted octanol–water partition coefficient (Wildman–Crippen LogP) is 5.58. The molecule has 7 heteroatoms. The number of amides is 1. The monoisotopic (exact) mass is 383 g/mol. The van der Waals surface area contributed by atoms with Crippen molar-refractivity contribution >= 4 is 29.0 Å². The van der Waals surface area contributed by atoms with Gasteiger partial charge in [-0.05, 0) is 49.2 Å². The molecule has 0 unspecified atom stereocenters. The van der Waals surface area contributed by atoms with E-state index in [0.29, 0.717) is 5.56 Å². The van der Waals surface area contributed by atoms with E-state index < -0.39 is 17.6 Å². The molecular formula is C19H17ClF3NO2. The highest BCUT2D eigenvalue weighted by Gasteiger charge is 2.31. The molecule has 0 aliphatic heterocycles. The van der Waals surface area contributed by atoms with Crippen LogP contribution in [0.2, 0.25) is 5.02 Å². The van der Waals surface area contributed by atoms with E-state index in [2.05, 4.69) is 5.32 Å². The number of aryl methyl sites for hydroxylation is 2. The molecule has 26 heavy (non-hydrogen) atoms. The number of hydrogen-bond acceptors (Lipinski definition) is 2. The standard InChI is InChI=1S/C19H17ClF3NO2/c1-11-3-4-13(9-12(11)2)17(25)7-8-18(26)24-16-10-14(19(21,22)23)5-6-15(16)20/h3-6,9-10H,7-8H2,1-2H3,(H,24,26). The molecule has 138 valence electrons. The number of ketones is 1. The molecule has 0 heterocycles. The third kappa shape index (κ3) is 5.08. The summed E-state index contributed by atoms with van der Waals surface area (Å²) >= 11 is 5.83. The van der Waals surface area contributed by atoms with Gasteiger partial charge in [-0.3, -0.25) is 9.59 Å². The smallest absolute Gasteiger partial charge is 0.325 e. The number of benzene rings is 2. The third-order valence-corrected chi connectivity index (χ3v) is 4.31. The number of anilines is 1. The molecule has 1 N–H and O–H groups in total. The Morgan fingerprint density at radius 3 is 2.31 bits per heavy atom. The van der Waals surface area contributed by atoms with Gasteiger partial charge >= 0.3 is 6.18 Å². The number of halogens is 4. The van der Waals surface area contributed by atoms with Gasteiger partial charge in [-0.1, -0.05) is 23.7 Å². The highest BCUT2D eigenvalue weighted by Crippen LogP contribution is 2.33. The first-order chi connectivity index (χ1) is 12.1. The summed E-state index contributed by atoms with van der Waals surface area (Å²) < 4.78 is 38.2.